The number of amides is 1. The lowest BCUT2D eigenvalue weighted by Gasteiger charge is -2.04. The Bertz CT molecular complexity index is 1160. The number of aromatic nitrogens is 7. The van der Waals surface area contributed by atoms with E-state index in [0.29, 0.717) is 25.2 Å². The maximum atomic E-state index is 12.3. The van der Waals surface area contributed by atoms with Gasteiger partial charge in [-0.25, -0.2) is 4.98 Å². The van der Waals surface area contributed by atoms with Crippen molar-refractivity contribution in [1.82, 2.24) is 39.5 Å². The van der Waals surface area contributed by atoms with Gasteiger partial charge >= 0.3 is 0 Å². The fraction of sp³-hybridized carbons (Fsp3) is 0.250. The molecule has 0 unspecified atom stereocenters. The van der Waals surface area contributed by atoms with Crippen molar-refractivity contribution in [2.75, 3.05) is 6.54 Å². The highest BCUT2D eigenvalue weighted by Crippen LogP contribution is 2.04. The van der Waals surface area contributed by atoms with E-state index in [1.165, 1.54) is 6.20 Å². The first-order valence-corrected chi connectivity index (χ1v) is 8.15. The molecule has 4 rings (SSSR count). The summed E-state index contributed by atoms with van der Waals surface area (Å²) in [6, 6.07) is 5.69. The van der Waals surface area contributed by atoms with Gasteiger partial charge in [0.1, 0.15) is 17.2 Å². The summed E-state index contributed by atoms with van der Waals surface area (Å²) in [6.07, 6.45) is 4.47. The number of carbonyl (C=O) groups is 1. The van der Waals surface area contributed by atoms with Crippen LogP contribution in [0, 0.1) is 6.92 Å². The summed E-state index contributed by atoms with van der Waals surface area (Å²) in [4.78, 5) is 32.7. The van der Waals surface area contributed by atoms with Gasteiger partial charge in [-0.3, -0.25) is 19.1 Å². The van der Waals surface area contributed by atoms with Crippen LogP contribution >= 0.6 is 0 Å². The zero-order valence-electron chi connectivity index (χ0n) is 14.0. The minimum atomic E-state index is -0.475. The van der Waals surface area contributed by atoms with Crippen molar-refractivity contribution in [3.63, 3.8) is 0 Å². The van der Waals surface area contributed by atoms with Crippen LogP contribution in [0.15, 0.2) is 35.4 Å². The molecule has 0 radical (unpaired) electrons. The molecule has 0 aromatic carbocycles. The molecule has 0 fully saturated rings. The fourth-order valence-corrected chi connectivity index (χ4v) is 2.72. The SMILES string of the molecule is Cc1nc2ncc(C(=O)NCCCc3nnc4ccccn34)c(=O)n2[nH]1. The van der Waals surface area contributed by atoms with Crippen molar-refractivity contribution in [2.45, 2.75) is 19.8 Å². The van der Waals surface area contributed by atoms with Gasteiger partial charge in [-0.1, -0.05) is 6.07 Å². The third kappa shape index (κ3) is 2.81. The lowest BCUT2D eigenvalue weighted by molar-refractivity contribution is 0.0951. The molecule has 4 heterocycles. The zero-order chi connectivity index (χ0) is 18.1. The quantitative estimate of drug-likeness (QED) is 0.492. The summed E-state index contributed by atoms with van der Waals surface area (Å²) in [5.74, 6) is 1.15. The zero-order valence-corrected chi connectivity index (χ0v) is 14.0. The molecule has 0 aliphatic heterocycles. The van der Waals surface area contributed by atoms with Crippen molar-refractivity contribution in [1.29, 1.82) is 0 Å². The van der Waals surface area contributed by atoms with Crippen LogP contribution in [0.1, 0.15) is 28.4 Å². The van der Waals surface area contributed by atoms with E-state index in [1.54, 1.807) is 6.92 Å². The summed E-state index contributed by atoms with van der Waals surface area (Å²) in [5.41, 5.74) is 0.282. The Hall–Kier alpha value is -3.56. The van der Waals surface area contributed by atoms with Gasteiger partial charge < -0.3 is 5.32 Å². The van der Waals surface area contributed by atoms with Crippen molar-refractivity contribution < 1.29 is 4.79 Å². The van der Waals surface area contributed by atoms with Crippen molar-refractivity contribution in [2.24, 2.45) is 0 Å². The number of aryl methyl sites for hydroxylation is 2. The normalized spacial score (nSPS) is 11.3. The van der Waals surface area contributed by atoms with E-state index >= 15 is 0 Å². The third-order valence-corrected chi connectivity index (χ3v) is 3.98. The number of H-pyrrole nitrogens is 1. The number of pyridine rings is 1. The topological polar surface area (TPSA) is 122 Å². The van der Waals surface area contributed by atoms with Gasteiger partial charge in [-0.2, -0.15) is 9.50 Å². The summed E-state index contributed by atoms with van der Waals surface area (Å²) >= 11 is 0. The van der Waals surface area contributed by atoms with Gasteiger partial charge in [0.25, 0.3) is 17.2 Å². The Morgan fingerprint density at radius 3 is 3.08 bits per heavy atom. The second-order valence-corrected chi connectivity index (χ2v) is 5.83. The van der Waals surface area contributed by atoms with Crippen LogP contribution in [-0.2, 0) is 6.42 Å². The molecule has 132 valence electrons. The highest BCUT2D eigenvalue weighted by Gasteiger charge is 2.14. The molecule has 10 nitrogen and oxygen atoms in total. The van der Waals surface area contributed by atoms with E-state index in [9.17, 15) is 9.59 Å². The Morgan fingerprint density at radius 1 is 1.31 bits per heavy atom. The van der Waals surface area contributed by atoms with Gasteiger partial charge in [0.2, 0.25) is 0 Å². The predicted molar refractivity (Wildman–Crippen MR) is 92.0 cm³/mol. The van der Waals surface area contributed by atoms with E-state index in [0.717, 1.165) is 16.0 Å². The number of nitrogens with zero attached hydrogens (tertiary/aromatic N) is 6. The molecule has 2 N–H and O–H groups in total. The number of aromatic amines is 1. The Labute approximate surface area is 146 Å². The molecule has 10 heteroatoms. The minimum absolute atomic E-state index is 0.0286. The number of rotatable bonds is 5. The molecular weight excluding hydrogens is 336 g/mol. The molecule has 26 heavy (non-hydrogen) atoms. The van der Waals surface area contributed by atoms with Crippen LogP contribution in [0.2, 0.25) is 0 Å². The molecule has 0 aliphatic carbocycles. The molecule has 4 aromatic heterocycles. The summed E-state index contributed by atoms with van der Waals surface area (Å²) in [5, 5.41) is 13.7. The molecule has 0 aliphatic rings. The standard InChI is InChI=1S/C16H16N8O2/c1-10-19-16-18-9-11(15(26)24(16)22-10)14(25)17-7-4-6-13-21-20-12-5-2-3-8-23(12)13/h2-3,5,8-9H,4,6-7H2,1H3,(H,17,25)(H,18,19,22). The van der Waals surface area contributed by atoms with Crippen LogP contribution in [0.25, 0.3) is 11.4 Å². The molecule has 0 atom stereocenters. The Kier molecular flexibility index (Phi) is 3.92. The second-order valence-electron chi connectivity index (χ2n) is 5.83. The van der Waals surface area contributed by atoms with E-state index in [4.69, 9.17) is 0 Å². The average molecular weight is 352 g/mol. The van der Waals surface area contributed by atoms with Crippen LogP contribution in [-0.4, -0.2) is 46.6 Å². The fourth-order valence-electron chi connectivity index (χ4n) is 2.72. The van der Waals surface area contributed by atoms with Gasteiger partial charge in [-0.15, -0.1) is 10.2 Å². The molecule has 0 bridgehead atoms. The molecular formula is C16H16N8O2. The molecule has 0 saturated carbocycles. The van der Waals surface area contributed by atoms with Crippen molar-refractivity contribution in [3.05, 3.63) is 58.2 Å². The van der Waals surface area contributed by atoms with Crippen LogP contribution in [0.3, 0.4) is 0 Å². The summed E-state index contributed by atoms with van der Waals surface area (Å²) in [6.45, 7) is 2.12. The van der Waals surface area contributed by atoms with E-state index in [2.05, 4.69) is 30.6 Å². The second kappa shape index (κ2) is 6.39. The average Bonchev–Trinajstić information content (AvgIpc) is 3.22. The minimum Gasteiger partial charge on any atom is -0.352 e. The van der Waals surface area contributed by atoms with E-state index in [-0.39, 0.29) is 11.3 Å². The van der Waals surface area contributed by atoms with Crippen LogP contribution < -0.4 is 10.9 Å². The first kappa shape index (κ1) is 15.9. The highest BCUT2D eigenvalue weighted by molar-refractivity contribution is 5.93. The number of hydrogen-bond acceptors (Lipinski definition) is 6. The van der Waals surface area contributed by atoms with Crippen LogP contribution in [0.4, 0.5) is 0 Å². The molecule has 1 amide bonds. The summed E-state index contributed by atoms with van der Waals surface area (Å²) in [7, 11) is 0. The number of hydrogen-bond donors (Lipinski definition) is 2. The maximum Gasteiger partial charge on any atom is 0.286 e. The molecule has 0 spiro atoms. The Balaban J connectivity index is 1.40. The summed E-state index contributed by atoms with van der Waals surface area (Å²) < 4.78 is 3.07. The molecule has 4 aromatic rings. The third-order valence-electron chi connectivity index (χ3n) is 3.98. The highest BCUT2D eigenvalue weighted by atomic mass is 16.2. The van der Waals surface area contributed by atoms with Crippen molar-refractivity contribution in [3.8, 4) is 0 Å². The Morgan fingerprint density at radius 2 is 2.19 bits per heavy atom. The van der Waals surface area contributed by atoms with Gasteiger partial charge in [0.05, 0.1) is 0 Å². The monoisotopic (exact) mass is 352 g/mol. The van der Waals surface area contributed by atoms with Crippen molar-refractivity contribution >= 4 is 17.3 Å². The van der Waals surface area contributed by atoms with Gasteiger partial charge in [0.15, 0.2) is 5.65 Å². The lowest BCUT2D eigenvalue weighted by atomic mass is 10.2. The van der Waals surface area contributed by atoms with E-state index in [1.807, 2.05) is 28.8 Å². The lowest BCUT2D eigenvalue weighted by Crippen LogP contribution is -2.32. The van der Waals surface area contributed by atoms with Crippen LogP contribution in [0.5, 0.6) is 0 Å². The first-order chi connectivity index (χ1) is 12.6. The van der Waals surface area contributed by atoms with Gasteiger partial charge in [-0.05, 0) is 25.5 Å². The number of nitrogens with one attached hydrogen (secondary N) is 2. The smallest absolute Gasteiger partial charge is 0.286 e. The maximum absolute atomic E-state index is 12.3. The predicted octanol–water partition coefficient (Wildman–Crippen LogP) is 0.131. The number of fused-ring (bicyclic) bond motifs is 2. The largest absolute Gasteiger partial charge is 0.352 e. The van der Waals surface area contributed by atoms with Gasteiger partial charge in [0, 0.05) is 25.4 Å². The first-order valence-electron chi connectivity index (χ1n) is 8.15. The number of carbonyl (C=O) groups excluding carboxylic acids is 1. The van der Waals surface area contributed by atoms with E-state index < -0.39 is 11.5 Å². The molecule has 0 saturated heterocycles.